The van der Waals surface area contributed by atoms with Crippen molar-refractivity contribution in [3.8, 4) is 0 Å². The summed E-state index contributed by atoms with van der Waals surface area (Å²) in [7, 11) is -3.62. The summed E-state index contributed by atoms with van der Waals surface area (Å²) in [5.41, 5.74) is 2.45. The fraction of sp³-hybridized carbons (Fsp3) is 0.519. The number of piperazine rings is 1. The van der Waals surface area contributed by atoms with E-state index >= 15 is 0 Å². The van der Waals surface area contributed by atoms with Crippen molar-refractivity contribution >= 4 is 21.6 Å². The van der Waals surface area contributed by atoms with Crippen molar-refractivity contribution in [3.63, 3.8) is 0 Å². The number of hydrogen-bond donors (Lipinski definition) is 1. The zero-order valence-corrected chi connectivity index (χ0v) is 21.9. The van der Waals surface area contributed by atoms with Crippen LogP contribution >= 0.6 is 0 Å². The average molecular weight is 499 g/mol. The number of amides is 1. The third kappa shape index (κ3) is 5.88. The second-order valence-corrected chi connectivity index (χ2v) is 11.7. The third-order valence-corrected chi connectivity index (χ3v) is 9.43. The largest absolute Gasteiger partial charge is 0.369 e. The number of carbonyl (C=O) groups excluding carboxylic acids is 1. The van der Waals surface area contributed by atoms with Crippen LogP contribution in [0.2, 0.25) is 0 Å². The summed E-state index contributed by atoms with van der Waals surface area (Å²) in [5, 5.41) is 3.04. The molecule has 2 aliphatic rings. The van der Waals surface area contributed by atoms with Gasteiger partial charge in [0.1, 0.15) is 0 Å². The first-order valence-corrected chi connectivity index (χ1v) is 14.2. The highest BCUT2D eigenvalue weighted by Crippen LogP contribution is 2.26. The number of carbonyl (C=O) groups is 1. The van der Waals surface area contributed by atoms with Gasteiger partial charge in [-0.3, -0.25) is 9.69 Å². The van der Waals surface area contributed by atoms with Gasteiger partial charge in [-0.1, -0.05) is 30.7 Å². The van der Waals surface area contributed by atoms with Gasteiger partial charge in [0, 0.05) is 62.6 Å². The van der Waals surface area contributed by atoms with Crippen LogP contribution in [0, 0.1) is 6.92 Å². The lowest BCUT2D eigenvalue weighted by molar-refractivity contribution is 0.0933. The molecule has 1 amide bonds. The lowest BCUT2D eigenvalue weighted by Crippen LogP contribution is -2.52. The molecule has 4 rings (SSSR count). The van der Waals surface area contributed by atoms with Crippen LogP contribution in [0.3, 0.4) is 0 Å². The Hall–Kier alpha value is -2.42. The molecule has 190 valence electrons. The van der Waals surface area contributed by atoms with E-state index in [4.69, 9.17) is 0 Å². The minimum atomic E-state index is -3.62. The number of nitrogens with one attached hydrogen (secondary N) is 1. The van der Waals surface area contributed by atoms with Gasteiger partial charge >= 0.3 is 0 Å². The van der Waals surface area contributed by atoms with Gasteiger partial charge in [-0.25, -0.2) is 8.42 Å². The number of piperidine rings is 1. The molecule has 1 N–H and O–H groups in total. The maximum absolute atomic E-state index is 13.3. The fourth-order valence-electron chi connectivity index (χ4n) is 5.09. The van der Waals surface area contributed by atoms with Gasteiger partial charge in [-0.15, -0.1) is 0 Å². The molecule has 2 aromatic rings. The molecule has 0 aromatic heterocycles. The molecule has 2 heterocycles. The molecule has 0 saturated carbocycles. The Kier molecular flexibility index (Phi) is 8.14. The number of benzene rings is 2. The molecule has 0 bridgehead atoms. The van der Waals surface area contributed by atoms with Crippen LogP contribution in [-0.4, -0.2) is 74.9 Å². The van der Waals surface area contributed by atoms with Crippen molar-refractivity contribution < 1.29 is 13.2 Å². The van der Waals surface area contributed by atoms with Crippen LogP contribution < -0.4 is 10.2 Å². The molecule has 2 unspecified atom stereocenters. The van der Waals surface area contributed by atoms with Gasteiger partial charge in [0.15, 0.2) is 0 Å². The number of hydrogen-bond acceptors (Lipinski definition) is 5. The maximum Gasteiger partial charge on any atom is 0.251 e. The Labute approximate surface area is 210 Å². The van der Waals surface area contributed by atoms with Crippen LogP contribution in [-0.2, 0) is 10.0 Å². The predicted molar refractivity (Wildman–Crippen MR) is 140 cm³/mol. The van der Waals surface area contributed by atoms with Crippen LogP contribution in [0.25, 0.3) is 0 Å². The second-order valence-electron chi connectivity index (χ2n) is 9.85. The van der Waals surface area contributed by atoms with Gasteiger partial charge < -0.3 is 10.2 Å². The number of para-hydroxylation sites is 1. The molecule has 2 aromatic carbocycles. The Balaban J connectivity index is 1.36. The summed E-state index contributed by atoms with van der Waals surface area (Å²) in [5.74, 6) is -0.221. The Morgan fingerprint density at radius 1 is 1.03 bits per heavy atom. The van der Waals surface area contributed by atoms with E-state index in [-0.39, 0.29) is 22.9 Å². The lowest BCUT2D eigenvalue weighted by Gasteiger charge is -2.39. The number of anilines is 1. The van der Waals surface area contributed by atoms with Crippen molar-refractivity contribution in [2.24, 2.45) is 0 Å². The summed E-state index contributed by atoms with van der Waals surface area (Å²) < 4.78 is 28.1. The van der Waals surface area contributed by atoms with Crippen LogP contribution in [0.4, 0.5) is 5.69 Å². The van der Waals surface area contributed by atoms with Gasteiger partial charge in [0.25, 0.3) is 5.91 Å². The topological polar surface area (TPSA) is 73.0 Å². The first kappa shape index (κ1) is 25.7. The molecule has 7 nitrogen and oxygen atoms in total. The Morgan fingerprint density at radius 2 is 1.74 bits per heavy atom. The standard InChI is InChI=1S/C27H38N4O3S/c1-21-12-13-25(35(33,34)31-14-8-7-9-22(31)2)19-26(21)27(32)28-20-23(3)29-15-17-30(18-16-29)24-10-5-4-6-11-24/h4-6,10-13,19,22-23H,7-9,14-18,20H2,1-3H3,(H,28,32). The molecule has 0 radical (unpaired) electrons. The highest BCUT2D eigenvalue weighted by atomic mass is 32.2. The number of rotatable bonds is 7. The van der Waals surface area contributed by atoms with E-state index in [2.05, 4.69) is 46.3 Å². The molecule has 2 aliphatic heterocycles. The molecular formula is C27H38N4O3S. The average Bonchev–Trinajstić information content (AvgIpc) is 2.88. The highest BCUT2D eigenvalue weighted by Gasteiger charge is 2.31. The van der Waals surface area contributed by atoms with E-state index in [0.717, 1.165) is 51.0 Å². The first-order chi connectivity index (χ1) is 16.8. The summed E-state index contributed by atoms with van der Waals surface area (Å²) >= 11 is 0. The van der Waals surface area contributed by atoms with Gasteiger partial charge in [0.05, 0.1) is 4.90 Å². The molecule has 2 fully saturated rings. The van der Waals surface area contributed by atoms with Crippen molar-refractivity contribution in [2.45, 2.75) is 57.0 Å². The van der Waals surface area contributed by atoms with Crippen molar-refractivity contribution in [2.75, 3.05) is 44.2 Å². The van der Waals surface area contributed by atoms with Crippen LogP contribution in [0.15, 0.2) is 53.4 Å². The molecule has 2 atom stereocenters. The SMILES string of the molecule is Cc1ccc(S(=O)(=O)N2CCCCC2C)cc1C(=O)NCC(C)N1CCN(c2ccccc2)CC1. The highest BCUT2D eigenvalue weighted by molar-refractivity contribution is 7.89. The number of nitrogens with zero attached hydrogens (tertiary/aromatic N) is 3. The summed E-state index contributed by atoms with van der Waals surface area (Å²) in [4.78, 5) is 18.0. The van der Waals surface area contributed by atoms with Gasteiger partial charge in [-0.2, -0.15) is 4.31 Å². The van der Waals surface area contributed by atoms with Crippen LogP contribution in [0.5, 0.6) is 0 Å². The number of sulfonamides is 1. The van der Waals surface area contributed by atoms with E-state index in [1.807, 2.05) is 19.9 Å². The molecule has 2 saturated heterocycles. The van der Waals surface area contributed by atoms with Crippen molar-refractivity contribution in [3.05, 3.63) is 59.7 Å². The smallest absolute Gasteiger partial charge is 0.251 e. The molecule has 35 heavy (non-hydrogen) atoms. The van der Waals surface area contributed by atoms with Crippen LogP contribution in [0.1, 0.15) is 49.0 Å². The minimum Gasteiger partial charge on any atom is -0.369 e. The fourth-order valence-corrected chi connectivity index (χ4v) is 6.82. The molecule has 0 aliphatic carbocycles. The predicted octanol–water partition coefficient (Wildman–Crippen LogP) is 3.50. The van der Waals surface area contributed by atoms with E-state index in [1.165, 1.54) is 5.69 Å². The molecular weight excluding hydrogens is 460 g/mol. The zero-order valence-electron chi connectivity index (χ0n) is 21.1. The molecule has 8 heteroatoms. The Bertz CT molecular complexity index is 1110. The molecule has 0 spiro atoms. The first-order valence-electron chi connectivity index (χ1n) is 12.7. The van der Waals surface area contributed by atoms with E-state index < -0.39 is 10.0 Å². The maximum atomic E-state index is 13.3. The van der Waals surface area contributed by atoms with Crippen molar-refractivity contribution in [1.82, 2.24) is 14.5 Å². The van der Waals surface area contributed by atoms with E-state index in [1.54, 1.807) is 22.5 Å². The monoisotopic (exact) mass is 498 g/mol. The van der Waals surface area contributed by atoms with E-state index in [9.17, 15) is 13.2 Å². The summed E-state index contributed by atoms with van der Waals surface area (Å²) in [6, 6.07) is 15.5. The Morgan fingerprint density at radius 3 is 2.43 bits per heavy atom. The van der Waals surface area contributed by atoms with Gasteiger partial charge in [0.2, 0.25) is 10.0 Å². The van der Waals surface area contributed by atoms with E-state index in [0.29, 0.717) is 18.7 Å². The zero-order chi connectivity index (χ0) is 25.0. The second kappa shape index (κ2) is 11.1. The third-order valence-electron chi connectivity index (χ3n) is 7.42. The normalized spacial score (nSPS) is 21.0. The lowest BCUT2D eigenvalue weighted by atomic mass is 10.1. The minimum absolute atomic E-state index is 0.0180. The number of aryl methyl sites for hydroxylation is 1. The summed E-state index contributed by atoms with van der Waals surface area (Å²) in [6.45, 7) is 10.8. The van der Waals surface area contributed by atoms with Gasteiger partial charge in [-0.05, 0) is 63.4 Å². The van der Waals surface area contributed by atoms with Crippen molar-refractivity contribution in [1.29, 1.82) is 0 Å². The summed E-state index contributed by atoms with van der Waals surface area (Å²) in [6.07, 6.45) is 2.80. The quantitative estimate of drug-likeness (QED) is 0.633.